The number of carbonyl (C=O) groups is 4. The number of fused-ring (bicyclic) bond motifs is 2. The fourth-order valence-electron chi connectivity index (χ4n) is 8.05. The van der Waals surface area contributed by atoms with E-state index in [1.165, 1.54) is 18.9 Å². The van der Waals surface area contributed by atoms with E-state index in [1.54, 1.807) is 58.9 Å². The number of aryl methyl sites for hydroxylation is 2. The number of thioether (sulfide) groups is 1. The topological polar surface area (TPSA) is 149 Å². The maximum absolute atomic E-state index is 16.2. The predicted molar refractivity (Wildman–Crippen MR) is 240 cm³/mol. The van der Waals surface area contributed by atoms with Crippen molar-refractivity contribution in [2.24, 2.45) is 5.92 Å². The zero-order valence-electron chi connectivity index (χ0n) is 35.1. The summed E-state index contributed by atoms with van der Waals surface area (Å²) in [7, 11) is -1.71. The Hall–Kier alpha value is -5.37. The SMILES string of the molecule is CCOC(=O)C(SC[C@H](NC(=O)CCC1=[N+]2C(=Cc3c(C)cc(C)n3[B-]2(F)F)C=C1)C(=O)N[C@H](C(=O)OC)C(C)C)[P+](c1ccccc1)(c1ccccc1)c1ccccc1.[OH-]. The first-order valence-corrected chi connectivity index (χ1v) is 22.9. The highest BCUT2D eigenvalue weighted by Gasteiger charge is 2.57. The fourth-order valence-corrected chi connectivity index (χ4v) is 15.1. The summed E-state index contributed by atoms with van der Waals surface area (Å²) in [6.07, 6.45) is 4.68. The normalized spacial score (nSPS) is 15.4. The zero-order valence-corrected chi connectivity index (χ0v) is 36.8. The van der Waals surface area contributed by atoms with Gasteiger partial charge < -0.3 is 43.2 Å². The number of hydrogen-bond donors (Lipinski definition) is 2. The van der Waals surface area contributed by atoms with E-state index in [0.29, 0.717) is 17.1 Å². The van der Waals surface area contributed by atoms with Crippen LogP contribution in [0.4, 0.5) is 8.63 Å². The third kappa shape index (κ3) is 9.44. The molecule has 4 aromatic rings. The quantitative estimate of drug-likeness (QED) is 0.0778. The van der Waals surface area contributed by atoms with Gasteiger partial charge in [-0.15, -0.1) is 11.8 Å². The molecule has 0 spiro atoms. The molecule has 3 atom stereocenters. The minimum absolute atomic E-state index is 0. The molecule has 11 nitrogen and oxygen atoms in total. The van der Waals surface area contributed by atoms with Gasteiger partial charge in [-0.2, -0.15) is 0 Å². The predicted octanol–water partition coefficient (Wildman–Crippen LogP) is 5.72. The van der Waals surface area contributed by atoms with Gasteiger partial charge in [0.25, 0.3) is 0 Å². The van der Waals surface area contributed by atoms with Crippen LogP contribution in [0.5, 0.6) is 0 Å². The van der Waals surface area contributed by atoms with E-state index in [1.807, 2.05) is 91.0 Å². The van der Waals surface area contributed by atoms with Gasteiger partial charge in [-0.05, 0) is 80.4 Å². The number of ether oxygens (including phenoxy) is 2. The van der Waals surface area contributed by atoms with Gasteiger partial charge >= 0.3 is 18.9 Å². The van der Waals surface area contributed by atoms with E-state index in [0.717, 1.165) is 30.4 Å². The first-order valence-electron chi connectivity index (χ1n) is 20.0. The van der Waals surface area contributed by atoms with Gasteiger partial charge in [-0.3, -0.25) is 9.59 Å². The van der Waals surface area contributed by atoms with Gasteiger partial charge in [-0.25, -0.2) is 9.59 Å². The number of carbonyl (C=O) groups excluding carboxylic acids is 4. The summed E-state index contributed by atoms with van der Waals surface area (Å²) in [5.41, 5.74) is 2.24. The number of nitrogens with one attached hydrogen (secondary N) is 2. The highest BCUT2D eigenvalue weighted by molar-refractivity contribution is 8.15. The molecule has 0 aliphatic carbocycles. The average Bonchev–Trinajstić information content (AvgIpc) is 3.80. The van der Waals surface area contributed by atoms with E-state index < -0.39 is 55.1 Å². The Balaban J connectivity index is 0.00000704. The third-order valence-corrected chi connectivity index (χ3v) is 17.5. The van der Waals surface area contributed by atoms with Crippen molar-refractivity contribution < 1.29 is 47.2 Å². The van der Waals surface area contributed by atoms with Gasteiger partial charge in [0.15, 0.2) is 5.70 Å². The number of aromatic nitrogens is 1. The summed E-state index contributed by atoms with van der Waals surface area (Å²) in [5.74, 6) is -2.84. The third-order valence-electron chi connectivity index (χ3n) is 10.8. The Kier molecular flexibility index (Phi) is 15.3. The van der Waals surface area contributed by atoms with E-state index in [9.17, 15) is 19.2 Å². The lowest BCUT2D eigenvalue weighted by Crippen LogP contribution is -2.54. The maximum atomic E-state index is 16.2. The van der Waals surface area contributed by atoms with Crippen molar-refractivity contribution in [2.75, 3.05) is 19.5 Å². The van der Waals surface area contributed by atoms with Crippen LogP contribution in [0.3, 0.4) is 0 Å². The molecule has 0 fully saturated rings. The summed E-state index contributed by atoms with van der Waals surface area (Å²) >= 11 is 1.20. The first kappa shape index (κ1) is 46.7. The fraction of sp³-hybridized carbons (Fsp3) is 0.311. The summed E-state index contributed by atoms with van der Waals surface area (Å²) in [5, 5.41) is 8.33. The van der Waals surface area contributed by atoms with Gasteiger partial charge in [0.05, 0.1) is 13.7 Å². The minimum Gasteiger partial charge on any atom is -0.870 e. The molecule has 16 heteroatoms. The average molecular weight is 873 g/mol. The molecule has 2 aliphatic heterocycles. The van der Waals surface area contributed by atoms with Crippen molar-refractivity contribution in [2.45, 2.75) is 64.5 Å². The Morgan fingerprint density at radius 3 is 1.92 bits per heavy atom. The van der Waals surface area contributed by atoms with Crippen LogP contribution in [0.2, 0.25) is 0 Å². The standard InChI is InChI=1S/C45H50BF2N4O6PS.H2O/c1-7-58-44(56)45(59(35-17-11-8-12-18-35,36-19-13-9-14-20-36)37-21-15-10-16-22-37)60-29-38(42(54)50-41(30(2)3)43(55)57-6)49-40(53)26-25-33-23-24-34-28-39-31(4)27-32(5)51(39)46(47,48)52(33)34;/h8-24,27-28,30,38,41,45H,7,25-26,29H2,1-6H3,(H-,49,50,53,54);1H2/t38-,41-,45?;/m0./s1. The number of allylic oxidation sites excluding steroid dienone is 2. The molecule has 0 bridgehead atoms. The smallest absolute Gasteiger partial charge is 0.737 e. The van der Waals surface area contributed by atoms with Crippen LogP contribution < -0.4 is 26.5 Å². The Morgan fingerprint density at radius 1 is 0.852 bits per heavy atom. The molecule has 61 heavy (non-hydrogen) atoms. The van der Waals surface area contributed by atoms with Crippen LogP contribution in [-0.2, 0) is 28.7 Å². The Morgan fingerprint density at radius 2 is 1.41 bits per heavy atom. The van der Waals surface area contributed by atoms with Gasteiger partial charge in [0.1, 0.15) is 41.0 Å². The second-order valence-electron chi connectivity index (χ2n) is 15.1. The maximum Gasteiger partial charge on any atom is 0.737 e. The molecule has 0 saturated heterocycles. The molecule has 0 saturated carbocycles. The molecule has 322 valence electrons. The van der Waals surface area contributed by atoms with E-state index in [4.69, 9.17) is 9.47 Å². The number of esters is 2. The Bertz CT molecular complexity index is 2230. The highest BCUT2D eigenvalue weighted by atomic mass is 32.2. The molecule has 6 rings (SSSR count). The summed E-state index contributed by atoms with van der Waals surface area (Å²) < 4.78 is 45.2. The number of rotatable bonds is 17. The van der Waals surface area contributed by atoms with E-state index in [-0.39, 0.29) is 42.3 Å². The zero-order chi connectivity index (χ0) is 43.2. The summed E-state index contributed by atoms with van der Waals surface area (Å²) in [6, 6.07) is 28.7. The van der Waals surface area contributed by atoms with Gasteiger partial charge in [-0.1, -0.05) is 68.4 Å². The van der Waals surface area contributed by atoms with Crippen LogP contribution in [0.15, 0.2) is 115 Å². The lowest BCUT2D eigenvalue weighted by molar-refractivity contribution is -0.362. The lowest BCUT2D eigenvalue weighted by Gasteiger charge is -2.33. The van der Waals surface area contributed by atoms with Crippen molar-refractivity contribution in [1.82, 2.24) is 15.1 Å². The molecule has 3 aromatic carbocycles. The molecule has 3 heterocycles. The van der Waals surface area contributed by atoms with E-state index in [2.05, 4.69) is 10.6 Å². The number of methoxy groups -OCH3 is 1. The number of hydrogen-bond acceptors (Lipinski definition) is 8. The molecule has 3 N–H and O–H groups in total. The van der Waals surface area contributed by atoms with Crippen molar-refractivity contribution in [3.8, 4) is 0 Å². The van der Waals surface area contributed by atoms with Crippen LogP contribution in [0, 0.1) is 19.8 Å². The van der Waals surface area contributed by atoms with Crippen LogP contribution in [-0.4, -0.2) is 87.4 Å². The lowest BCUT2D eigenvalue weighted by atomic mass is 9.90. The summed E-state index contributed by atoms with van der Waals surface area (Å²) in [4.78, 5) is 54.6. The van der Waals surface area contributed by atoms with E-state index >= 15 is 8.63 Å². The first-order chi connectivity index (χ1) is 28.7. The van der Waals surface area contributed by atoms with Crippen LogP contribution in [0.25, 0.3) is 6.08 Å². The van der Waals surface area contributed by atoms with Crippen molar-refractivity contribution in [3.05, 3.63) is 132 Å². The second-order valence-corrected chi connectivity index (χ2v) is 20.1. The molecule has 1 aromatic heterocycles. The van der Waals surface area contributed by atoms with Crippen LogP contribution in [0.1, 0.15) is 50.6 Å². The molecule has 1 unspecified atom stereocenters. The number of halogens is 2. The van der Waals surface area contributed by atoms with Gasteiger partial charge in [0.2, 0.25) is 16.8 Å². The minimum atomic E-state index is -4.24. The molecule has 0 radical (unpaired) electrons. The highest BCUT2D eigenvalue weighted by Crippen LogP contribution is 2.63. The van der Waals surface area contributed by atoms with Gasteiger partial charge in [0, 0.05) is 42.5 Å². The number of nitrogens with zero attached hydrogens (tertiary/aromatic N) is 2. The second kappa shape index (κ2) is 20.0. The molecular weight excluding hydrogens is 820 g/mol. The largest absolute Gasteiger partial charge is 0.870 e. The van der Waals surface area contributed by atoms with Crippen molar-refractivity contribution in [3.63, 3.8) is 0 Å². The Labute approximate surface area is 360 Å². The molecular formula is C45H52BF2N4O7PS. The van der Waals surface area contributed by atoms with Crippen LogP contribution >= 0.6 is 19.0 Å². The van der Waals surface area contributed by atoms with Crippen molar-refractivity contribution >= 4 is 77.4 Å². The summed E-state index contributed by atoms with van der Waals surface area (Å²) in [6.45, 7) is 4.56. The molecule has 2 aliphatic rings. The van der Waals surface area contributed by atoms with Crippen molar-refractivity contribution in [1.29, 1.82) is 0 Å². The molecule has 2 amide bonds. The number of amides is 2. The monoisotopic (exact) mass is 872 g/mol. The number of benzene rings is 3.